The van der Waals surface area contributed by atoms with E-state index in [0.29, 0.717) is 5.75 Å². The predicted octanol–water partition coefficient (Wildman–Crippen LogP) is 2.98. The van der Waals surface area contributed by atoms with E-state index in [2.05, 4.69) is 20.7 Å². The average Bonchev–Trinajstić information content (AvgIpc) is 2.41. The van der Waals surface area contributed by atoms with Crippen LogP contribution in [0.1, 0.15) is 0 Å². The van der Waals surface area contributed by atoms with Gasteiger partial charge in [-0.15, -0.1) is 0 Å². The molecule has 8 heteroatoms. The quantitative estimate of drug-likeness (QED) is 0.806. The first-order chi connectivity index (χ1) is 9.83. The second-order valence-electron chi connectivity index (χ2n) is 4.13. The normalized spacial score (nSPS) is 11.2. The third-order valence-corrected chi connectivity index (χ3v) is 4.78. The lowest BCUT2D eigenvalue weighted by Crippen LogP contribution is -2.15. The summed E-state index contributed by atoms with van der Waals surface area (Å²) in [5, 5.41) is 0. The van der Waals surface area contributed by atoms with Gasteiger partial charge in [0.2, 0.25) is 0 Å². The van der Waals surface area contributed by atoms with Crippen LogP contribution in [0.15, 0.2) is 45.8 Å². The number of halogens is 2. The molecule has 3 N–H and O–H groups in total. The van der Waals surface area contributed by atoms with Crippen molar-refractivity contribution in [2.45, 2.75) is 4.90 Å². The molecule has 21 heavy (non-hydrogen) atoms. The molecule has 0 radical (unpaired) electrons. The Bertz CT molecular complexity index is 781. The number of methoxy groups -OCH3 is 1. The molecule has 2 aromatic rings. The van der Waals surface area contributed by atoms with Crippen LogP contribution in [0.4, 0.5) is 15.8 Å². The Morgan fingerprint density at radius 2 is 1.95 bits per heavy atom. The van der Waals surface area contributed by atoms with Gasteiger partial charge in [-0.1, -0.05) is 0 Å². The van der Waals surface area contributed by atoms with Gasteiger partial charge in [-0.25, -0.2) is 12.8 Å². The summed E-state index contributed by atoms with van der Waals surface area (Å²) in [6.45, 7) is 0. The van der Waals surface area contributed by atoms with Gasteiger partial charge in [0, 0.05) is 10.5 Å². The van der Waals surface area contributed by atoms with Crippen LogP contribution in [0, 0.1) is 5.82 Å². The van der Waals surface area contributed by atoms with E-state index in [0.717, 1.165) is 12.1 Å². The Labute approximate surface area is 130 Å². The van der Waals surface area contributed by atoms with Gasteiger partial charge in [0.05, 0.1) is 18.5 Å². The molecule has 0 saturated heterocycles. The molecule has 0 aliphatic carbocycles. The number of ether oxygens (including phenoxy) is 1. The highest BCUT2D eigenvalue weighted by Crippen LogP contribution is 2.29. The smallest absolute Gasteiger partial charge is 0.263 e. The summed E-state index contributed by atoms with van der Waals surface area (Å²) in [6, 6.07) is 7.87. The fourth-order valence-corrected chi connectivity index (χ4v) is 3.45. The van der Waals surface area contributed by atoms with E-state index in [-0.39, 0.29) is 20.7 Å². The Hall–Kier alpha value is -1.80. The highest BCUT2D eigenvalue weighted by atomic mass is 79.9. The molecule has 0 heterocycles. The van der Waals surface area contributed by atoms with Gasteiger partial charge in [0.25, 0.3) is 10.0 Å². The number of rotatable bonds is 4. The number of nitrogens with one attached hydrogen (secondary N) is 1. The van der Waals surface area contributed by atoms with E-state index in [1.807, 2.05) is 0 Å². The van der Waals surface area contributed by atoms with Crippen LogP contribution >= 0.6 is 15.9 Å². The second kappa shape index (κ2) is 5.90. The van der Waals surface area contributed by atoms with Crippen LogP contribution in [0.25, 0.3) is 0 Å². The molecular formula is C13H12BrFN2O3S. The van der Waals surface area contributed by atoms with Gasteiger partial charge in [-0.05, 0) is 46.3 Å². The van der Waals surface area contributed by atoms with Crippen LogP contribution in [-0.2, 0) is 10.0 Å². The Balaban J connectivity index is 2.38. The lowest BCUT2D eigenvalue weighted by atomic mass is 10.3. The van der Waals surface area contributed by atoms with Crippen LogP contribution in [0.2, 0.25) is 0 Å². The number of hydrogen-bond donors (Lipinski definition) is 2. The van der Waals surface area contributed by atoms with Crippen molar-refractivity contribution < 1.29 is 17.5 Å². The summed E-state index contributed by atoms with van der Waals surface area (Å²) in [4.78, 5) is -0.0838. The van der Waals surface area contributed by atoms with Crippen molar-refractivity contribution >= 4 is 37.3 Å². The minimum atomic E-state index is -3.89. The number of nitrogen functional groups attached to an aromatic ring is 1. The zero-order valence-corrected chi connectivity index (χ0v) is 13.3. The number of hydrogen-bond acceptors (Lipinski definition) is 4. The van der Waals surface area contributed by atoms with E-state index in [1.165, 1.54) is 31.4 Å². The predicted molar refractivity (Wildman–Crippen MR) is 82.3 cm³/mol. The minimum Gasteiger partial charge on any atom is -0.497 e. The van der Waals surface area contributed by atoms with Crippen molar-refractivity contribution in [3.8, 4) is 5.75 Å². The van der Waals surface area contributed by atoms with Crippen molar-refractivity contribution in [1.82, 2.24) is 0 Å². The standard InChI is InChI=1S/C13H12BrFN2O3S/c1-20-9-3-5-13(11(16)7-9)21(18,19)17-12-4-2-8(15)6-10(12)14/h2-7,17H,16H2,1H3. The Morgan fingerprint density at radius 3 is 2.52 bits per heavy atom. The first kappa shape index (κ1) is 15.6. The van der Waals surface area contributed by atoms with E-state index in [1.54, 1.807) is 0 Å². The first-order valence-corrected chi connectivity index (χ1v) is 8.02. The van der Waals surface area contributed by atoms with E-state index in [4.69, 9.17) is 10.5 Å². The lowest BCUT2D eigenvalue weighted by Gasteiger charge is -2.12. The summed E-state index contributed by atoms with van der Waals surface area (Å²) in [7, 11) is -2.43. The Kier molecular flexibility index (Phi) is 4.38. The molecule has 0 unspecified atom stereocenters. The van der Waals surface area contributed by atoms with Gasteiger partial charge in [0.1, 0.15) is 16.5 Å². The molecular weight excluding hydrogens is 363 g/mol. The van der Waals surface area contributed by atoms with Gasteiger partial charge >= 0.3 is 0 Å². The molecule has 0 spiro atoms. The zero-order chi connectivity index (χ0) is 15.6. The number of anilines is 2. The van der Waals surface area contributed by atoms with Gasteiger partial charge < -0.3 is 10.5 Å². The zero-order valence-electron chi connectivity index (χ0n) is 10.9. The molecule has 0 amide bonds. The SMILES string of the molecule is COc1ccc(S(=O)(=O)Nc2ccc(F)cc2Br)c(N)c1. The summed E-state index contributed by atoms with van der Waals surface area (Å²) in [6.07, 6.45) is 0. The number of sulfonamides is 1. The number of benzene rings is 2. The highest BCUT2D eigenvalue weighted by Gasteiger charge is 2.19. The monoisotopic (exact) mass is 374 g/mol. The maximum atomic E-state index is 13.0. The minimum absolute atomic E-state index is 0.0556. The molecule has 112 valence electrons. The van der Waals surface area contributed by atoms with Crippen LogP contribution in [0.3, 0.4) is 0 Å². The van der Waals surface area contributed by atoms with Crippen molar-refractivity contribution in [1.29, 1.82) is 0 Å². The molecule has 2 aromatic carbocycles. The lowest BCUT2D eigenvalue weighted by molar-refractivity contribution is 0.414. The van der Waals surface area contributed by atoms with Gasteiger partial charge in [0.15, 0.2) is 0 Å². The first-order valence-electron chi connectivity index (χ1n) is 5.75. The third kappa shape index (κ3) is 3.45. The van der Waals surface area contributed by atoms with E-state index < -0.39 is 15.8 Å². The molecule has 0 fully saturated rings. The van der Waals surface area contributed by atoms with Gasteiger partial charge in [-0.3, -0.25) is 4.72 Å². The summed E-state index contributed by atoms with van der Waals surface area (Å²) in [5.74, 6) is -0.0248. The van der Waals surface area contributed by atoms with Crippen LogP contribution in [-0.4, -0.2) is 15.5 Å². The average molecular weight is 375 g/mol. The third-order valence-electron chi connectivity index (χ3n) is 2.68. The fraction of sp³-hybridized carbons (Fsp3) is 0.0769. The van der Waals surface area contributed by atoms with E-state index in [9.17, 15) is 12.8 Å². The summed E-state index contributed by atoms with van der Waals surface area (Å²) < 4.78 is 45.2. The van der Waals surface area contributed by atoms with Crippen molar-refractivity contribution in [3.63, 3.8) is 0 Å². The summed E-state index contributed by atoms with van der Waals surface area (Å²) in [5.41, 5.74) is 6.00. The molecule has 0 aliphatic rings. The molecule has 0 atom stereocenters. The largest absolute Gasteiger partial charge is 0.497 e. The Morgan fingerprint density at radius 1 is 1.24 bits per heavy atom. The maximum Gasteiger partial charge on any atom is 0.263 e. The molecule has 0 bridgehead atoms. The molecule has 2 rings (SSSR count). The highest BCUT2D eigenvalue weighted by molar-refractivity contribution is 9.10. The maximum absolute atomic E-state index is 13.0. The second-order valence-corrected chi connectivity index (χ2v) is 6.64. The van der Waals surface area contributed by atoms with E-state index >= 15 is 0 Å². The number of nitrogens with two attached hydrogens (primary N) is 1. The molecule has 0 aliphatic heterocycles. The molecule has 0 saturated carbocycles. The topological polar surface area (TPSA) is 81.4 Å². The van der Waals surface area contributed by atoms with Crippen molar-refractivity contribution in [2.24, 2.45) is 0 Å². The van der Waals surface area contributed by atoms with Crippen LogP contribution < -0.4 is 15.2 Å². The molecule has 0 aromatic heterocycles. The van der Waals surface area contributed by atoms with Crippen LogP contribution in [0.5, 0.6) is 5.75 Å². The van der Waals surface area contributed by atoms with Crippen molar-refractivity contribution in [2.75, 3.05) is 17.6 Å². The summed E-state index contributed by atoms with van der Waals surface area (Å²) >= 11 is 3.10. The fourth-order valence-electron chi connectivity index (χ4n) is 1.67. The van der Waals surface area contributed by atoms with Gasteiger partial charge in [-0.2, -0.15) is 0 Å². The molecule has 5 nitrogen and oxygen atoms in total. The van der Waals surface area contributed by atoms with Crippen molar-refractivity contribution in [3.05, 3.63) is 46.7 Å².